The summed E-state index contributed by atoms with van der Waals surface area (Å²) in [6.45, 7) is 2.80. The second kappa shape index (κ2) is 8.03. The van der Waals surface area contributed by atoms with Crippen LogP contribution in [0, 0.1) is 0 Å². The predicted molar refractivity (Wildman–Crippen MR) is 79.6 cm³/mol. The molecule has 0 heterocycles. The third-order valence-corrected chi connectivity index (χ3v) is 3.37. The van der Waals surface area contributed by atoms with E-state index in [1.54, 1.807) is 0 Å². The van der Waals surface area contributed by atoms with E-state index < -0.39 is 0 Å². The fourth-order valence-corrected chi connectivity index (χ4v) is 1.97. The highest BCUT2D eigenvalue weighted by Crippen LogP contribution is 2.16. The molecule has 100 valence electrons. The van der Waals surface area contributed by atoms with E-state index in [1.807, 2.05) is 24.3 Å². The van der Waals surface area contributed by atoms with Gasteiger partial charge in [0.2, 0.25) is 5.91 Å². The summed E-state index contributed by atoms with van der Waals surface area (Å²) in [7, 11) is 0.318. The van der Waals surface area contributed by atoms with E-state index in [0.717, 1.165) is 30.2 Å². The van der Waals surface area contributed by atoms with E-state index in [0.29, 0.717) is 17.3 Å². The molecule has 0 radical (unpaired) electrons. The van der Waals surface area contributed by atoms with Crippen LogP contribution >= 0.6 is 0 Å². The van der Waals surface area contributed by atoms with E-state index in [4.69, 9.17) is 4.74 Å². The minimum absolute atomic E-state index is 0.0819. The van der Waals surface area contributed by atoms with Crippen LogP contribution in [0.15, 0.2) is 24.3 Å². The van der Waals surface area contributed by atoms with Crippen LogP contribution in [-0.2, 0) is 15.7 Å². The van der Waals surface area contributed by atoms with Crippen molar-refractivity contribution in [1.29, 1.82) is 0 Å². The zero-order chi connectivity index (χ0) is 13.4. The zero-order valence-electron chi connectivity index (χ0n) is 11.4. The fraction of sp³-hybridized carbons (Fsp3) is 0.500. The third-order valence-electron chi connectivity index (χ3n) is 2.35. The average Bonchev–Trinajstić information content (AvgIpc) is 2.35. The molecule has 0 unspecified atom stereocenters. The van der Waals surface area contributed by atoms with Gasteiger partial charge in [-0.25, -0.2) is 0 Å². The summed E-state index contributed by atoms with van der Waals surface area (Å²) in [5.74, 6) is 1.88. The molecular weight excluding hydrogens is 246 g/mol. The Labute approximate surface area is 112 Å². The lowest BCUT2D eigenvalue weighted by molar-refractivity contribution is -0.115. The lowest BCUT2D eigenvalue weighted by Crippen LogP contribution is -2.16. The normalized spacial score (nSPS) is 10.4. The van der Waals surface area contributed by atoms with Crippen LogP contribution in [0.25, 0.3) is 0 Å². The maximum Gasteiger partial charge on any atom is 0.229 e. The first kappa shape index (κ1) is 14.9. The van der Waals surface area contributed by atoms with Crippen molar-refractivity contribution >= 4 is 22.5 Å². The van der Waals surface area contributed by atoms with Gasteiger partial charge in [-0.15, -0.1) is 0 Å². The molecule has 3 nitrogen and oxygen atoms in total. The Balaban J connectivity index is 2.40. The highest BCUT2D eigenvalue weighted by Gasteiger charge is 2.08. The second-order valence-electron chi connectivity index (χ2n) is 4.36. The number of carbonyl (C=O) groups is 1. The van der Waals surface area contributed by atoms with Crippen molar-refractivity contribution < 1.29 is 9.53 Å². The monoisotopic (exact) mass is 268 g/mol. The lowest BCUT2D eigenvalue weighted by Gasteiger charge is -2.07. The van der Waals surface area contributed by atoms with E-state index in [9.17, 15) is 4.79 Å². The van der Waals surface area contributed by atoms with Gasteiger partial charge in [-0.2, -0.15) is 0 Å². The van der Waals surface area contributed by atoms with Crippen molar-refractivity contribution in [3.8, 4) is 5.75 Å². The van der Waals surface area contributed by atoms with Gasteiger partial charge in [0, 0.05) is 5.69 Å². The topological polar surface area (TPSA) is 38.3 Å². The summed E-state index contributed by atoms with van der Waals surface area (Å²) in [5, 5.41) is 2.89. The molecule has 1 amide bonds. The number of ether oxygens (including phenoxy) is 1. The van der Waals surface area contributed by atoms with Crippen LogP contribution in [0.3, 0.4) is 0 Å². The molecule has 0 aliphatic carbocycles. The van der Waals surface area contributed by atoms with Gasteiger partial charge >= 0.3 is 0 Å². The van der Waals surface area contributed by atoms with Crippen molar-refractivity contribution in [2.45, 2.75) is 19.8 Å². The first-order valence-corrected chi connectivity index (χ1v) is 8.39. The SMILES string of the molecule is CCCOc1ccc(NC(=O)CC[S+](C)C)cc1. The molecule has 0 atom stereocenters. The lowest BCUT2D eigenvalue weighted by atomic mass is 10.3. The smallest absolute Gasteiger partial charge is 0.229 e. The number of amides is 1. The summed E-state index contributed by atoms with van der Waals surface area (Å²) >= 11 is 0. The molecule has 4 heteroatoms. The Morgan fingerprint density at radius 1 is 1.28 bits per heavy atom. The number of anilines is 1. The van der Waals surface area contributed by atoms with Gasteiger partial charge in [-0.1, -0.05) is 6.92 Å². The van der Waals surface area contributed by atoms with Gasteiger partial charge in [-0.3, -0.25) is 4.79 Å². The van der Waals surface area contributed by atoms with Gasteiger partial charge in [0.25, 0.3) is 0 Å². The molecule has 1 aromatic rings. The standard InChI is InChI=1S/C14H21NO2S/c1-4-10-17-13-7-5-12(6-8-13)15-14(16)9-11-18(2)3/h5-8H,4,9-11H2,1-3H3/p+1. The average molecular weight is 268 g/mol. The van der Waals surface area contributed by atoms with Gasteiger partial charge in [-0.05, 0) is 41.6 Å². The largest absolute Gasteiger partial charge is 0.494 e. The van der Waals surface area contributed by atoms with E-state index >= 15 is 0 Å². The summed E-state index contributed by atoms with van der Waals surface area (Å²) in [5.41, 5.74) is 0.830. The molecular formula is C14H22NO2S+. The summed E-state index contributed by atoms with van der Waals surface area (Å²) in [6, 6.07) is 7.52. The molecule has 0 saturated heterocycles. The highest BCUT2D eigenvalue weighted by molar-refractivity contribution is 7.95. The molecule has 0 bridgehead atoms. The van der Waals surface area contributed by atoms with Crippen molar-refractivity contribution in [3.05, 3.63) is 24.3 Å². The Kier molecular flexibility index (Phi) is 6.65. The molecule has 0 fully saturated rings. The van der Waals surface area contributed by atoms with Crippen molar-refractivity contribution in [1.82, 2.24) is 0 Å². The Morgan fingerprint density at radius 3 is 2.50 bits per heavy atom. The van der Waals surface area contributed by atoms with Crippen molar-refractivity contribution in [3.63, 3.8) is 0 Å². The van der Waals surface area contributed by atoms with Crippen LogP contribution in [0.5, 0.6) is 5.75 Å². The van der Waals surface area contributed by atoms with Gasteiger partial charge in [0.15, 0.2) is 0 Å². The molecule has 1 aromatic carbocycles. The van der Waals surface area contributed by atoms with E-state index in [-0.39, 0.29) is 5.91 Å². The molecule has 0 aliphatic heterocycles. The van der Waals surface area contributed by atoms with Crippen LogP contribution in [0.2, 0.25) is 0 Å². The second-order valence-corrected chi connectivity index (χ2v) is 6.74. The van der Waals surface area contributed by atoms with Crippen LogP contribution in [0.1, 0.15) is 19.8 Å². The molecule has 18 heavy (non-hydrogen) atoms. The van der Waals surface area contributed by atoms with Crippen LogP contribution in [0.4, 0.5) is 5.69 Å². The Morgan fingerprint density at radius 2 is 1.94 bits per heavy atom. The number of benzene rings is 1. The van der Waals surface area contributed by atoms with E-state index in [2.05, 4.69) is 24.8 Å². The quantitative estimate of drug-likeness (QED) is 0.772. The summed E-state index contributed by atoms with van der Waals surface area (Å²) in [4.78, 5) is 11.6. The van der Waals surface area contributed by atoms with E-state index in [1.165, 1.54) is 0 Å². The van der Waals surface area contributed by atoms with Gasteiger partial charge in [0.1, 0.15) is 11.5 Å². The predicted octanol–water partition coefficient (Wildman–Crippen LogP) is 2.68. The summed E-state index contributed by atoms with van der Waals surface area (Å²) in [6.07, 6.45) is 5.87. The number of hydrogen-bond donors (Lipinski definition) is 1. The van der Waals surface area contributed by atoms with Crippen molar-refractivity contribution in [2.75, 3.05) is 30.2 Å². The molecule has 0 aliphatic rings. The van der Waals surface area contributed by atoms with Gasteiger partial charge < -0.3 is 10.1 Å². The zero-order valence-corrected chi connectivity index (χ0v) is 12.2. The highest BCUT2D eigenvalue weighted by atomic mass is 32.2. The Hall–Kier alpha value is -1.16. The maximum absolute atomic E-state index is 11.6. The number of rotatable bonds is 7. The molecule has 0 spiro atoms. The molecule has 0 aromatic heterocycles. The van der Waals surface area contributed by atoms with Gasteiger partial charge in [0.05, 0.1) is 25.5 Å². The fourth-order valence-electron chi connectivity index (χ4n) is 1.37. The number of hydrogen-bond acceptors (Lipinski definition) is 2. The molecule has 1 N–H and O–H groups in total. The minimum atomic E-state index is 0.0819. The molecule has 0 saturated carbocycles. The third kappa shape index (κ3) is 5.96. The maximum atomic E-state index is 11.6. The van der Waals surface area contributed by atoms with Crippen LogP contribution in [-0.4, -0.2) is 30.8 Å². The summed E-state index contributed by atoms with van der Waals surface area (Å²) < 4.78 is 5.48. The van der Waals surface area contributed by atoms with Crippen molar-refractivity contribution in [2.24, 2.45) is 0 Å². The number of nitrogens with one attached hydrogen (secondary N) is 1. The number of carbonyl (C=O) groups excluding carboxylic acids is 1. The first-order chi connectivity index (χ1) is 8.61. The van der Waals surface area contributed by atoms with Crippen LogP contribution < -0.4 is 10.1 Å². The first-order valence-electron chi connectivity index (χ1n) is 6.18. The molecule has 1 rings (SSSR count). The Bertz CT molecular complexity index is 363. The minimum Gasteiger partial charge on any atom is -0.494 e.